The number of carbonyl (C=O) groups excluding carboxylic acids is 3. The SMILES string of the molecule is COc1ccc(NC(=O)COC(=O)C[C@H]2C(=O)C[C@@H](C)[C@H]2C[N+](=O)[O-])cc1Cl. The molecule has 10 heteroatoms. The van der Waals surface area contributed by atoms with Crippen LogP contribution >= 0.6 is 11.6 Å². The first-order chi connectivity index (χ1) is 13.2. The predicted molar refractivity (Wildman–Crippen MR) is 99.8 cm³/mol. The maximum Gasteiger partial charge on any atom is 0.307 e. The summed E-state index contributed by atoms with van der Waals surface area (Å²) in [5.41, 5.74) is 0.401. The molecule has 0 radical (unpaired) electrons. The number of ketones is 1. The van der Waals surface area contributed by atoms with Crippen LogP contribution in [0.2, 0.25) is 5.02 Å². The molecule has 1 aliphatic carbocycles. The Labute approximate surface area is 166 Å². The summed E-state index contributed by atoms with van der Waals surface area (Å²) >= 11 is 5.97. The predicted octanol–water partition coefficient (Wildman–Crippen LogP) is 2.34. The van der Waals surface area contributed by atoms with E-state index in [1.165, 1.54) is 13.2 Å². The third-order valence-electron chi connectivity index (χ3n) is 4.73. The van der Waals surface area contributed by atoms with Gasteiger partial charge in [0.1, 0.15) is 11.5 Å². The van der Waals surface area contributed by atoms with Crippen molar-refractivity contribution in [1.82, 2.24) is 0 Å². The van der Waals surface area contributed by atoms with Crippen LogP contribution in [0.1, 0.15) is 19.8 Å². The highest BCUT2D eigenvalue weighted by molar-refractivity contribution is 6.32. The van der Waals surface area contributed by atoms with Gasteiger partial charge >= 0.3 is 5.97 Å². The van der Waals surface area contributed by atoms with Gasteiger partial charge in [0.2, 0.25) is 6.54 Å². The third-order valence-corrected chi connectivity index (χ3v) is 5.03. The molecule has 1 amide bonds. The second-order valence-corrected chi connectivity index (χ2v) is 7.10. The molecule has 1 N–H and O–H groups in total. The summed E-state index contributed by atoms with van der Waals surface area (Å²) in [6.45, 7) is 0.841. The number of nitro groups is 1. The van der Waals surface area contributed by atoms with Crippen molar-refractivity contribution in [3.8, 4) is 5.75 Å². The molecule has 0 spiro atoms. The number of anilines is 1. The minimum atomic E-state index is -0.753. The van der Waals surface area contributed by atoms with E-state index in [1.54, 1.807) is 19.1 Å². The maximum atomic E-state index is 12.0. The summed E-state index contributed by atoms with van der Waals surface area (Å²) in [4.78, 5) is 46.3. The van der Waals surface area contributed by atoms with Crippen LogP contribution in [-0.2, 0) is 19.1 Å². The van der Waals surface area contributed by atoms with Gasteiger partial charge in [-0.15, -0.1) is 0 Å². The van der Waals surface area contributed by atoms with Crippen molar-refractivity contribution in [3.05, 3.63) is 33.3 Å². The fourth-order valence-electron chi connectivity index (χ4n) is 3.33. The van der Waals surface area contributed by atoms with E-state index < -0.39 is 35.2 Å². The molecule has 0 heterocycles. The number of benzene rings is 1. The number of halogens is 1. The molecule has 1 saturated carbocycles. The van der Waals surface area contributed by atoms with Crippen LogP contribution in [0.15, 0.2) is 18.2 Å². The first-order valence-electron chi connectivity index (χ1n) is 8.64. The highest BCUT2D eigenvalue weighted by Crippen LogP contribution is 2.36. The van der Waals surface area contributed by atoms with Gasteiger partial charge in [0.05, 0.1) is 18.6 Å². The average Bonchev–Trinajstić information content (AvgIpc) is 2.86. The second-order valence-electron chi connectivity index (χ2n) is 6.70. The molecule has 0 bridgehead atoms. The van der Waals surface area contributed by atoms with Gasteiger partial charge in [-0.2, -0.15) is 0 Å². The molecule has 28 heavy (non-hydrogen) atoms. The second kappa shape index (κ2) is 9.50. The minimum Gasteiger partial charge on any atom is -0.495 e. The van der Waals surface area contributed by atoms with Gasteiger partial charge < -0.3 is 14.8 Å². The molecular weight excluding hydrogens is 392 g/mol. The van der Waals surface area contributed by atoms with E-state index in [-0.39, 0.29) is 31.1 Å². The number of amides is 1. The number of hydrogen-bond donors (Lipinski definition) is 1. The lowest BCUT2D eigenvalue weighted by Crippen LogP contribution is -2.28. The number of nitrogens with zero attached hydrogens (tertiary/aromatic N) is 1. The quantitative estimate of drug-likeness (QED) is 0.394. The molecule has 1 aliphatic rings. The Kier molecular flexibility index (Phi) is 7.33. The number of nitrogens with one attached hydrogen (secondary N) is 1. The van der Waals surface area contributed by atoms with Crippen LogP contribution in [0.5, 0.6) is 5.75 Å². The monoisotopic (exact) mass is 412 g/mol. The number of ether oxygens (including phenoxy) is 2. The number of hydrogen-bond acceptors (Lipinski definition) is 7. The number of methoxy groups -OCH3 is 1. The molecule has 0 unspecified atom stereocenters. The first kappa shape index (κ1) is 21.6. The molecule has 152 valence electrons. The van der Waals surface area contributed by atoms with Crippen LogP contribution in [-0.4, -0.2) is 42.8 Å². The third kappa shape index (κ3) is 5.66. The van der Waals surface area contributed by atoms with Crippen molar-refractivity contribution in [2.24, 2.45) is 17.8 Å². The fourth-order valence-corrected chi connectivity index (χ4v) is 3.58. The average molecular weight is 413 g/mol. The van der Waals surface area contributed by atoms with Gasteiger partial charge in [-0.25, -0.2) is 0 Å². The van der Waals surface area contributed by atoms with Gasteiger partial charge in [0.15, 0.2) is 6.61 Å². The number of rotatable bonds is 8. The van der Waals surface area contributed by atoms with Gasteiger partial charge in [-0.3, -0.25) is 24.5 Å². The summed E-state index contributed by atoms with van der Waals surface area (Å²) in [6.07, 6.45) is -0.0709. The van der Waals surface area contributed by atoms with Crippen LogP contribution in [0, 0.1) is 27.9 Å². The van der Waals surface area contributed by atoms with Crippen LogP contribution in [0.3, 0.4) is 0 Å². The molecule has 1 aromatic carbocycles. The largest absolute Gasteiger partial charge is 0.495 e. The van der Waals surface area contributed by atoms with Gasteiger partial charge in [-0.1, -0.05) is 18.5 Å². The van der Waals surface area contributed by atoms with Crippen molar-refractivity contribution >= 4 is 34.9 Å². The van der Waals surface area contributed by atoms with Gasteiger partial charge in [0, 0.05) is 28.9 Å². The van der Waals surface area contributed by atoms with E-state index in [1.807, 2.05) is 0 Å². The minimum absolute atomic E-state index is 0.168. The van der Waals surface area contributed by atoms with Crippen LogP contribution in [0.4, 0.5) is 5.69 Å². The Morgan fingerprint density at radius 2 is 2.11 bits per heavy atom. The Hall–Kier alpha value is -2.68. The summed E-state index contributed by atoms with van der Waals surface area (Å²) in [5.74, 6) is -2.49. The Morgan fingerprint density at radius 3 is 2.71 bits per heavy atom. The molecule has 3 atom stereocenters. The maximum absolute atomic E-state index is 12.0. The van der Waals surface area contributed by atoms with Crippen molar-refractivity contribution < 1.29 is 28.8 Å². The lowest BCUT2D eigenvalue weighted by molar-refractivity contribution is -0.490. The normalized spacial score (nSPS) is 21.2. The van der Waals surface area contributed by atoms with Crippen LogP contribution in [0.25, 0.3) is 0 Å². The Balaban J connectivity index is 1.85. The van der Waals surface area contributed by atoms with E-state index in [9.17, 15) is 24.5 Å². The summed E-state index contributed by atoms with van der Waals surface area (Å²) in [7, 11) is 1.46. The summed E-state index contributed by atoms with van der Waals surface area (Å²) in [6, 6.07) is 4.64. The van der Waals surface area contributed by atoms with Crippen molar-refractivity contribution in [2.45, 2.75) is 19.8 Å². The fraction of sp³-hybridized carbons (Fsp3) is 0.500. The van der Waals surface area contributed by atoms with E-state index in [0.29, 0.717) is 16.5 Å². The summed E-state index contributed by atoms with van der Waals surface area (Å²) in [5, 5.41) is 13.6. The lowest BCUT2D eigenvalue weighted by atomic mass is 9.88. The van der Waals surface area contributed by atoms with Crippen molar-refractivity contribution in [3.63, 3.8) is 0 Å². The molecular formula is C18H21ClN2O7. The molecule has 0 aromatic heterocycles. The zero-order valence-corrected chi connectivity index (χ0v) is 16.2. The van der Waals surface area contributed by atoms with E-state index >= 15 is 0 Å². The highest BCUT2D eigenvalue weighted by Gasteiger charge is 2.44. The Bertz CT molecular complexity index is 783. The number of Topliss-reactive ketones (excluding diaryl/α,β-unsaturated/α-hetero) is 1. The summed E-state index contributed by atoms with van der Waals surface area (Å²) < 4.78 is 9.93. The zero-order chi connectivity index (χ0) is 20.8. The standard InChI is InChI=1S/C18H21ClN2O7/c1-10-5-15(22)12(13(10)8-21(25)26)7-18(24)28-9-17(23)20-11-3-4-16(27-2)14(19)6-11/h3-4,6,10,12-13H,5,7-9H2,1-2H3,(H,20,23)/t10-,12-,13-/m1/s1. The Morgan fingerprint density at radius 1 is 1.39 bits per heavy atom. The van der Waals surface area contributed by atoms with Crippen molar-refractivity contribution in [1.29, 1.82) is 0 Å². The molecule has 0 saturated heterocycles. The lowest BCUT2D eigenvalue weighted by Gasteiger charge is -2.17. The van der Waals surface area contributed by atoms with E-state index in [2.05, 4.69) is 5.32 Å². The van der Waals surface area contributed by atoms with Crippen molar-refractivity contribution in [2.75, 3.05) is 25.6 Å². The zero-order valence-electron chi connectivity index (χ0n) is 15.5. The van der Waals surface area contributed by atoms with Crippen LogP contribution < -0.4 is 10.1 Å². The van der Waals surface area contributed by atoms with E-state index in [4.69, 9.17) is 21.1 Å². The molecule has 9 nitrogen and oxygen atoms in total. The first-order valence-corrected chi connectivity index (χ1v) is 9.02. The number of esters is 1. The molecule has 1 fully saturated rings. The smallest absolute Gasteiger partial charge is 0.307 e. The van der Waals surface area contributed by atoms with Gasteiger partial charge in [-0.05, 0) is 24.1 Å². The molecule has 0 aliphatic heterocycles. The number of carbonyl (C=O) groups is 3. The van der Waals surface area contributed by atoms with E-state index in [0.717, 1.165) is 0 Å². The molecule has 1 aromatic rings. The van der Waals surface area contributed by atoms with Gasteiger partial charge in [0.25, 0.3) is 5.91 Å². The topological polar surface area (TPSA) is 125 Å². The molecule has 2 rings (SSSR count). The highest BCUT2D eigenvalue weighted by atomic mass is 35.5.